The Morgan fingerprint density at radius 1 is 1.26 bits per heavy atom. The van der Waals surface area contributed by atoms with Crippen LogP contribution in [0.15, 0.2) is 24.3 Å². The summed E-state index contributed by atoms with van der Waals surface area (Å²) in [6.45, 7) is 0.898. The molecule has 2 fully saturated rings. The first-order valence-electron chi connectivity index (χ1n) is 10.1. The van der Waals surface area contributed by atoms with Crippen molar-refractivity contribution < 1.29 is 28.8 Å². The lowest BCUT2D eigenvalue weighted by Gasteiger charge is -2.34. The summed E-state index contributed by atoms with van der Waals surface area (Å²) in [5, 5.41) is 15.8. The highest BCUT2D eigenvalue weighted by molar-refractivity contribution is 6.08. The van der Waals surface area contributed by atoms with Crippen LogP contribution in [-0.4, -0.2) is 52.3 Å². The first-order chi connectivity index (χ1) is 14.7. The van der Waals surface area contributed by atoms with Gasteiger partial charge in [-0.3, -0.25) is 29.4 Å². The van der Waals surface area contributed by atoms with Crippen LogP contribution in [0.3, 0.4) is 0 Å². The highest BCUT2D eigenvalue weighted by atomic mass is 16.6. The number of hydrogen-bond donors (Lipinski definition) is 2. The van der Waals surface area contributed by atoms with E-state index in [1.54, 1.807) is 0 Å². The number of non-ortho nitro benzene ring substituents is 1. The number of nitrogens with zero attached hydrogens (tertiary/aromatic N) is 2. The van der Waals surface area contributed by atoms with E-state index in [0.717, 1.165) is 24.2 Å². The van der Waals surface area contributed by atoms with Gasteiger partial charge in [0.15, 0.2) is 6.61 Å². The summed E-state index contributed by atoms with van der Waals surface area (Å²) in [4.78, 5) is 60.0. The highest BCUT2D eigenvalue weighted by Gasteiger charge is 2.52. The molecule has 166 valence electrons. The minimum absolute atomic E-state index is 0.126. The summed E-state index contributed by atoms with van der Waals surface area (Å²) in [6, 6.07) is 4.51. The van der Waals surface area contributed by atoms with Crippen LogP contribution in [0.25, 0.3) is 0 Å². The molecule has 0 aromatic heterocycles. The topological polar surface area (TPSA) is 148 Å². The number of ether oxygens (including phenoxy) is 1. The average Bonchev–Trinajstić information content (AvgIpc) is 2.97. The second kappa shape index (κ2) is 9.11. The van der Waals surface area contributed by atoms with Crippen molar-refractivity contribution in [2.24, 2.45) is 5.92 Å². The van der Waals surface area contributed by atoms with Gasteiger partial charge in [-0.15, -0.1) is 0 Å². The molecule has 1 aromatic carbocycles. The smallest absolute Gasteiger partial charge is 0.326 e. The lowest BCUT2D eigenvalue weighted by atomic mass is 9.75. The molecule has 1 aliphatic carbocycles. The number of nitrogens with one attached hydrogen (secondary N) is 2. The summed E-state index contributed by atoms with van der Waals surface area (Å²) in [5.74, 6) is -1.45. The number of nitro benzene ring substituents is 1. The van der Waals surface area contributed by atoms with Crippen LogP contribution in [0, 0.1) is 16.0 Å². The molecule has 1 spiro atoms. The van der Waals surface area contributed by atoms with Crippen LogP contribution in [0.2, 0.25) is 0 Å². The van der Waals surface area contributed by atoms with Crippen molar-refractivity contribution in [1.29, 1.82) is 0 Å². The highest BCUT2D eigenvalue weighted by Crippen LogP contribution is 2.37. The van der Waals surface area contributed by atoms with Gasteiger partial charge in [-0.1, -0.05) is 13.3 Å². The fraction of sp³-hybridized carbons (Fsp3) is 0.500. The van der Waals surface area contributed by atoms with Crippen LogP contribution in [0.5, 0.6) is 0 Å². The van der Waals surface area contributed by atoms with E-state index in [2.05, 4.69) is 17.6 Å². The van der Waals surface area contributed by atoms with Crippen molar-refractivity contribution in [2.75, 3.05) is 18.5 Å². The van der Waals surface area contributed by atoms with Gasteiger partial charge in [0.2, 0.25) is 0 Å². The number of anilines is 1. The van der Waals surface area contributed by atoms with Gasteiger partial charge in [0.05, 0.1) is 4.92 Å². The molecule has 1 heterocycles. The van der Waals surface area contributed by atoms with Crippen molar-refractivity contribution in [3.63, 3.8) is 0 Å². The number of hydrogen-bond acceptors (Lipinski definition) is 7. The molecule has 11 nitrogen and oxygen atoms in total. The summed E-state index contributed by atoms with van der Waals surface area (Å²) < 4.78 is 4.87. The number of carbonyl (C=O) groups excluding carboxylic acids is 4. The summed E-state index contributed by atoms with van der Waals surface area (Å²) in [5.41, 5.74) is -0.777. The molecule has 0 unspecified atom stereocenters. The summed E-state index contributed by atoms with van der Waals surface area (Å²) in [7, 11) is 0. The molecule has 0 radical (unpaired) electrons. The van der Waals surface area contributed by atoms with Crippen molar-refractivity contribution in [3.8, 4) is 0 Å². The molecule has 2 aliphatic rings. The molecule has 0 bridgehead atoms. The lowest BCUT2D eigenvalue weighted by Crippen LogP contribution is -2.49. The molecule has 3 rings (SSSR count). The number of esters is 1. The van der Waals surface area contributed by atoms with E-state index in [4.69, 9.17) is 4.74 Å². The SMILES string of the molecule is CCC1CCC2(CC1)NC(=O)N(CC(=O)OCC(=O)Nc1ccc([N+](=O)[O-])cc1)C2=O. The van der Waals surface area contributed by atoms with E-state index in [-0.39, 0.29) is 5.69 Å². The Hall–Kier alpha value is -3.50. The number of amides is 4. The Balaban J connectivity index is 1.48. The number of nitro groups is 1. The van der Waals surface area contributed by atoms with E-state index in [9.17, 15) is 29.3 Å². The van der Waals surface area contributed by atoms with Gasteiger partial charge in [-0.05, 0) is 43.7 Å². The van der Waals surface area contributed by atoms with Gasteiger partial charge in [0.25, 0.3) is 17.5 Å². The van der Waals surface area contributed by atoms with Gasteiger partial charge in [-0.25, -0.2) is 4.79 Å². The molecule has 1 aromatic rings. The first kappa shape index (κ1) is 22.2. The lowest BCUT2D eigenvalue weighted by molar-refractivity contribution is -0.384. The maximum Gasteiger partial charge on any atom is 0.326 e. The second-order valence-corrected chi connectivity index (χ2v) is 7.77. The zero-order chi connectivity index (χ0) is 22.6. The van der Waals surface area contributed by atoms with Crippen LogP contribution in [-0.2, 0) is 19.1 Å². The maximum atomic E-state index is 12.8. The molecule has 31 heavy (non-hydrogen) atoms. The fourth-order valence-electron chi connectivity index (χ4n) is 3.92. The predicted molar refractivity (Wildman–Crippen MR) is 108 cm³/mol. The number of carbonyl (C=O) groups is 4. The number of rotatable bonds is 7. The molecule has 4 amide bonds. The normalized spacial score (nSPS) is 22.9. The number of urea groups is 1. The monoisotopic (exact) mass is 432 g/mol. The Morgan fingerprint density at radius 3 is 2.48 bits per heavy atom. The van der Waals surface area contributed by atoms with Crippen LogP contribution < -0.4 is 10.6 Å². The Bertz CT molecular complexity index is 891. The minimum Gasteiger partial charge on any atom is -0.454 e. The van der Waals surface area contributed by atoms with E-state index in [1.165, 1.54) is 24.3 Å². The maximum absolute atomic E-state index is 12.8. The molecule has 11 heteroatoms. The van der Waals surface area contributed by atoms with Crippen molar-refractivity contribution in [1.82, 2.24) is 10.2 Å². The standard InChI is InChI=1S/C20H24N4O7/c1-2-13-7-9-20(10-8-13)18(27)23(19(28)22-20)11-17(26)31-12-16(25)21-14-3-5-15(6-4-14)24(29)30/h3-6,13H,2,7-12H2,1H3,(H,21,25)(H,22,28). The third-order valence-corrected chi connectivity index (χ3v) is 5.80. The molecule has 0 atom stereocenters. The van der Waals surface area contributed by atoms with Crippen molar-refractivity contribution in [2.45, 2.75) is 44.6 Å². The van der Waals surface area contributed by atoms with E-state index >= 15 is 0 Å². The van der Waals surface area contributed by atoms with Crippen LogP contribution in [0.4, 0.5) is 16.2 Å². The third kappa shape index (κ3) is 4.98. The molecule has 1 saturated heterocycles. The van der Waals surface area contributed by atoms with Gasteiger partial charge < -0.3 is 15.4 Å². The average molecular weight is 432 g/mol. The van der Waals surface area contributed by atoms with Crippen molar-refractivity contribution in [3.05, 3.63) is 34.4 Å². The second-order valence-electron chi connectivity index (χ2n) is 7.77. The van der Waals surface area contributed by atoms with Crippen molar-refractivity contribution >= 4 is 35.2 Å². The number of imide groups is 1. The molecular formula is C20H24N4O7. The largest absolute Gasteiger partial charge is 0.454 e. The molecular weight excluding hydrogens is 408 g/mol. The summed E-state index contributed by atoms with van der Waals surface area (Å²) >= 11 is 0. The zero-order valence-electron chi connectivity index (χ0n) is 17.1. The van der Waals surface area contributed by atoms with Gasteiger partial charge in [-0.2, -0.15) is 0 Å². The Kier molecular flexibility index (Phi) is 6.52. The molecule has 1 saturated carbocycles. The zero-order valence-corrected chi connectivity index (χ0v) is 17.1. The fourth-order valence-corrected chi connectivity index (χ4v) is 3.92. The van der Waals surface area contributed by atoms with Gasteiger partial charge >= 0.3 is 12.0 Å². The Morgan fingerprint density at radius 2 is 1.90 bits per heavy atom. The van der Waals surface area contributed by atoms with E-state index < -0.39 is 47.4 Å². The van der Waals surface area contributed by atoms with Gasteiger partial charge in [0, 0.05) is 17.8 Å². The summed E-state index contributed by atoms with van der Waals surface area (Å²) in [6.07, 6.45) is 3.78. The third-order valence-electron chi connectivity index (χ3n) is 5.80. The first-order valence-corrected chi connectivity index (χ1v) is 10.1. The minimum atomic E-state index is -0.948. The Labute approximate surface area is 178 Å². The van der Waals surface area contributed by atoms with Crippen LogP contribution in [0.1, 0.15) is 39.0 Å². The van der Waals surface area contributed by atoms with E-state index in [0.29, 0.717) is 24.4 Å². The molecule has 1 aliphatic heterocycles. The van der Waals surface area contributed by atoms with Gasteiger partial charge in [0.1, 0.15) is 12.1 Å². The van der Waals surface area contributed by atoms with Crippen LogP contribution >= 0.6 is 0 Å². The predicted octanol–water partition coefficient (Wildman–Crippen LogP) is 1.97. The quantitative estimate of drug-likeness (QED) is 0.290. The van der Waals surface area contributed by atoms with E-state index in [1.807, 2.05) is 0 Å². The number of benzene rings is 1. The molecule has 2 N–H and O–H groups in total.